The number of hydrogen-bond acceptors (Lipinski definition) is 3. The first kappa shape index (κ1) is 15.3. The molecule has 0 radical (unpaired) electrons. The summed E-state index contributed by atoms with van der Waals surface area (Å²) in [5.74, 6) is -0.509. The predicted octanol–water partition coefficient (Wildman–Crippen LogP) is 4.17. The quantitative estimate of drug-likeness (QED) is 0.521. The highest BCUT2D eigenvalue weighted by molar-refractivity contribution is 6.35. The Balaban J connectivity index is 2.20. The van der Waals surface area contributed by atoms with E-state index >= 15 is 0 Å². The van der Waals surface area contributed by atoms with Gasteiger partial charge in [0, 0.05) is 12.1 Å². The lowest BCUT2D eigenvalue weighted by molar-refractivity contribution is -0.384. The van der Waals surface area contributed by atoms with Gasteiger partial charge in [-0.25, -0.2) is 0 Å². The van der Waals surface area contributed by atoms with E-state index in [1.807, 2.05) is 6.07 Å². The van der Waals surface area contributed by atoms with E-state index in [1.54, 1.807) is 24.3 Å². The van der Waals surface area contributed by atoms with Gasteiger partial charge in [-0.1, -0.05) is 41.9 Å². The summed E-state index contributed by atoms with van der Waals surface area (Å²) in [4.78, 5) is 22.2. The number of nitro benzene ring substituents is 1. The highest BCUT2D eigenvalue weighted by Crippen LogP contribution is 2.29. The van der Waals surface area contributed by atoms with Gasteiger partial charge in [0.25, 0.3) is 5.69 Å². The molecule has 0 bridgehead atoms. The zero-order chi connectivity index (χ0) is 15.4. The molecule has 2 rings (SSSR count). The fourth-order valence-electron chi connectivity index (χ4n) is 1.69. The molecule has 21 heavy (non-hydrogen) atoms. The van der Waals surface area contributed by atoms with Crippen molar-refractivity contribution in [3.8, 4) is 0 Å². The van der Waals surface area contributed by atoms with E-state index in [2.05, 4.69) is 5.32 Å². The van der Waals surface area contributed by atoms with Gasteiger partial charge < -0.3 is 5.32 Å². The Morgan fingerprint density at radius 2 is 1.86 bits per heavy atom. The number of anilines is 1. The van der Waals surface area contributed by atoms with Crippen molar-refractivity contribution in [1.29, 1.82) is 0 Å². The van der Waals surface area contributed by atoms with Crippen molar-refractivity contribution in [2.24, 2.45) is 0 Å². The second-order valence-corrected chi connectivity index (χ2v) is 5.03. The molecule has 0 saturated heterocycles. The van der Waals surface area contributed by atoms with Crippen LogP contribution in [0.1, 0.15) is 10.9 Å². The Kier molecular flexibility index (Phi) is 4.77. The summed E-state index contributed by atoms with van der Waals surface area (Å²) in [5.41, 5.74) is 0.608. The lowest BCUT2D eigenvalue weighted by Gasteiger charge is -2.11. The number of benzene rings is 2. The molecule has 0 aliphatic carbocycles. The third-order valence-corrected chi connectivity index (χ3v) is 3.52. The van der Waals surface area contributed by atoms with Crippen LogP contribution in [0, 0.1) is 10.1 Å². The molecule has 0 aliphatic heterocycles. The fraction of sp³-hybridized carbons (Fsp3) is 0.0714. The van der Waals surface area contributed by atoms with Gasteiger partial charge >= 0.3 is 0 Å². The summed E-state index contributed by atoms with van der Waals surface area (Å²) in [5, 5.41) is 12.5. The van der Waals surface area contributed by atoms with Crippen molar-refractivity contribution in [2.45, 2.75) is 5.38 Å². The van der Waals surface area contributed by atoms with Gasteiger partial charge in [0.15, 0.2) is 0 Å². The van der Waals surface area contributed by atoms with Crippen molar-refractivity contribution in [3.05, 3.63) is 69.2 Å². The number of carbonyl (C=O) groups excluding carboxylic acids is 1. The van der Waals surface area contributed by atoms with Gasteiger partial charge in [-0.05, 0) is 11.6 Å². The average molecular weight is 325 g/mol. The number of carbonyl (C=O) groups is 1. The number of amides is 1. The number of nitrogens with zero attached hydrogens (tertiary/aromatic N) is 1. The lowest BCUT2D eigenvalue weighted by Crippen LogP contribution is -2.17. The van der Waals surface area contributed by atoms with Gasteiger partial charge in [-0.15, -0.1) is 11.6 Å². The molecular weight excluding hydrogens is 315 g/mol. The number of nitrogens with one attached hydrogen (secondary N) is 1. The zero-order valence-electron chi connectivity index (χ0n) is 10.6. The van der Waals surface area contributed by atoms with Gasteiger partial charge in [-0.3, -0.25) is 14.9 Å². The highest BCUT2D eigenvalue weighted by Gasteiger charge is 2.19. The van der Waals surface area contributed by atoms with E-state index < -0.39 is 16.2 Å². The zero-order valence-corrected chi connectivity index (χ0v) is 12.1. The van der Waals surface area contributed by atoms with Crippen LogP contribution in [0.3, 0.4) is 0 Å². The van der Waals surface area contributed by atoms with E-state index in [0.29, 0.717) is 5.56 Å². The molecule has 1 N–H and O–H groups in total. The van der Waals surface area contributed by atoms with Crippen molar-refractivity contribution >= 4 is 40.5 Å². The first-order chi connectivity index (χ1) is 9.99. The van der Waals surface area contributed by atoms with E-state index in [1.165, 1.54) is 18.2 Å². The predicted molar refractivity (Wildman–Crippen MR) is 81.8 cm³/mol. The number of hydrogen-bond donors (Lipinski definition) is 1. The lowest BCUT2D eigenvalue weighted by atomic mass is 10.1. The van der Waals surface area contributed by atoms with Crippen molar-refractivity contribution in [3.63, 3.8) is 0 Å². The molecule has 108 valence electrons. The van der Waals surface area contributed by atoms with E-state index in [-0.39, 0.29) is 16.4 Å². The summed E-state index contributed by atoms with van der Waals surface area (Å²) in [6.45, 7) is 0. The molecule has 0 heterocycles. The van der Waals surface area contributed by atoms with Crippen LogP contribution < -0.4 is 5.32 Å². The minimum atomic E-state index is -0.915. The van der Waals surface area contributed by atoms with Crippen molar-refractivity contribution < 1.29 is 9.72 Å². The molecule has 0 aromatic heterocycles. The number of halogens is 2. The maximum atomic E-state index is 12.1. The first-order valence-electron chi connectivity index (χ1n) is 5.93. The molecule has 1 amide bonds. The molecule has 2 aromatic rings. The molecule has 0 saturated carbocycles. The van der Waals surface area contributed by atoms with Crippen molar-refractivity contribution in [1.82, 2.24) is 0 Å². The second-order valence-electron chi connectivity index (χ2n) is 4.18. The molecule has 7 heteroatoms. The maximum Gasteiger partial charge on any atom is 0.271 e. The SMILES string of the molecule is O=C(Nc1cc([N+](=O)[O-])ccc1Cl)C(Cl)c1ccccc1. The average Bonchev–Trinajstić information content (AvgIpc) is 2.49. The van der Waals surface area contributed by atoms with Gasteiger partial charge in [0.2, 0.25) is 5.91 Å². The molecule has 0 aliphatic rings. The fourth-order valence-corrected chi connectivity index (χ4v) is 2.06. The van der Waals surface area contributed by atoms with Gasteiger partial charge in [0.1, 0.15) is 5.38 Å². The summed E-state index contributed by atoms with van der Waals surface area (Å²) in [6.07, 6.45) is 0. The summed E-state index contributed by atoms with van der Waals surface area (Å²) < 4.78 is 0. The van der Waals surface area contributed by atoms with E-state index in [4.69, 9.17) is 23.2 Å². The van der Waals surface area contributed by atoms with Crippen LogP contribution in [0.4, 0.5) is 11.4 Å². The Hall–Kier alpha value is -2.11. The largest absolute Gasteiger partial charge is 0.323 e. The van der Waals surface area contributed by atoms with Crippen LogP contribution in [0.25, 0.3) is 0 Å². The number of alkyl halides is 1. The summed E-state index contributed by atoms with van der Waals surface area (Å²) in [7, 11) is 0. The van der Waals surface area contributed by atoms with Crippen LogP contribution in [-0.2, 0) is 4.79 Å². The Bertz CT molecular complexity index is 677. The van der Waals surface area contributed by atoms with Gasteiger partial charge in [0.05, 0.1) is 15.6 Å². The summed E-state index contributed by atoms with van der Waals surface area (Å²) in [6, 6.07) is 12.6. The second kappa shape index (κ2) is 6.56. The molecule has 1 unspecified atom stereocenters. The van der Waals surface area contributed by atoms with Crippen LogP contribution in [0.15, 0.2) is 48.5 Å². The Morgan fingerprint density at radius 3 is 2.48 bits per heavy atom. The third kappa shape index (κ3) is 3.71. The van der Waals surface area contributed by atoms with E-state index in [0.717, 1.165) is 0 Å². The Morgan fingerprint density at radius 1 is 1.19 bits per heavy atom. The monoisotopic (exact) mass is 324 g/mol. The molecule has 2 aromatic carbocycles. The molecule has 0 spiro atoms. The van der Waals surface area contributed by atoms with Crippen LogP contribution in [-0.4, -0.2) is 10.8 Å². The number of rotatable bonds is 4. The third-order valence-electron chi connectivity index (χ3n) is 2.74. The Labute approximate surface area is 130 Å². The topological polar surface area (TPSA) is 72.2 Å². The summed E-state index contributed by atoms with van der Waals surface area (Å²) >= 11 is 12.0. The smallest absolute Gasteiger partial charge is 0.271 e. The molecular formula is C14H10Cl2N2O3. The number of nitro groups is 1. The minimum absolute atomic E-state index is 0.150. The van der Waals surface area contributed by atoms with Crippen LogP contribution >= 0.6 is 23.2 Å². The standard InChI is InChI=1S/C14H10Cl2N2O3/c15-11-7-6-10(18(20)21)8-12(11)17-14(19)13(16)9-4-2-1-3-5-9/h1-8,13H,(H,17,19). The van der Waals surface area contributed by atoms with E-state index in [9.17, 15) is 14.9 Å². The molecule has 0 fully saturated rings. The van der Waals surface area contributed by atoms with Crippen molar-refractivity contribution in [2.75, 3.05) is 5.32 Å². The normalized spacial score (nSPS) is 11.7. The molecule has 5 nitrogen and oxygen atoms in total. The van der Waals surface area contributed by atoms with Crippen LogP contribution in [0.2, 0.25) is 5.02 Å². The maximum absolute atomic E-state index is 12.1. The minimum Gasteiger partial charge on any atom is -0.323 e. The first-order valence-corrected chi connectivity index (χ1v) is 6.74. The van der Waals surface area contributed by atoms with Crippen LogP contribution in [0.5, 0.6) is 0 Å². The van der Waals surface area contributed by atoms with Gasteiger partial charge in [-0.2, -0.15) is 0 Å². The number of non-ortho nitro benzene ring substituents is 1. The highest BCUT2D eigenvalue weighted by atomic mass is 35.5. The molecule has 1 atom stereocenters.